The van der Waals surface area contributed by atoms with Gasteiger partial charge in [-0.2, -0.15) is 0 Å². The Morgan fingerprint density at radius 3 is 2.47 bits per heavy atom. The van der Waals surface area contributed by atoms with E-state index in [0.29, 0.717) is 0 Å². The number of hydrogen-bond acceptors (Lipinski definition) is 3. The van der Waals surface area contributed by atoms with Gasteiger partial charge in [0.2, 0.25) is 0 Å². The van der Waals surface area contributed by atoms with Crippen molar-refractivity contribution in [2.24, 2.45) is 0 Å². The SMILES string of the molecule is CCCNC(c1ccc(OC)cc1)c1sccc1C. The lowest BCUT2D eigenvalue weighted by molar-refractivity contribution is 0.414. The molecule has 1 heterocycles. The molecule has 2 nitrogen and oxygen atoms in total. The molecule has 0 fully saturated rings. The van der Waals surface area contributed by atoms with Gasteiger partial charge in [-0.1, -0.05) is 19.1 Å². The van der Waals surface area contributed by atoms with E-state index in [1.165, 1.54) is 16.0 Å². The Labute approximate surface area is 119 Å². The van der Waals surface area contributed by atoms with Gasteiger partial charge in [0.25, 0.3) is 0 Å². The van der Waals surface area contributed by atoms with Crippen molar-refractivity contribution in [3.05, 3.63) is 51.7 Å². The van der Waals surface area contributed by atoms with Crippen LogP contribution < -0.4 is 10.1 Å². The van der Waals surface area contributed by atoms with Crippen molar-refractivity contribution in [3.8, 4) is 5.75 Å². The molecule has 102 valence electrons. The molecular formula is C16H21NOS. The monoisotopic (exact) mass is 275 g/mol. The first-order valence-corrected chi connectivity index (χ1v) is 7.55. The molecule has 0 radical (unpaired) electrons. The van der Waals surface area contributed by atoms with Crippen LogP contribution in [-0.4, -0.2) is 13.7 Å². The van der Waals surface area contributed by atoms with E-state index in [-0.39, 0.29) is 6.04 Å². The highest BCUT2D eigenvalue weighted by atomic mass is 32.1. The van der Waals surface area contributed by atoms with Crippen LogP contribution in [-0.2, 0) is 0 Å². The molecule has 0 amide bonds. The minimum atomic E-state index is 0.283. The Bertz CT molecular complexity index is 504. The van der Waals surface area contributed by atoms with Crippen molar-refractivity contribution in [2.75, 3.05) is 13.7 Å². The van der Waals surface area contributed by atoms with Crippen molar-refractivity contribution in [1.29, 1.82) is 0 Å². The number of nitrogens with one attached hydrogen (secondary N) is 1. The van der Waals surface area contributed by atoms with E-state index >= 15 is 0 Å². The highest BCUT2D eigenvalue weighted by Gasteiger charge is 2.16. The molecule has 19 heavy (non-hydrogen) atoms. The van der Waals surface area contributed by atoms with Gasteiger partial charge in [-0.25, -0.2) is 0 Å². The molecule has 3 heteroatoms. The lowest BCUT2D eigenvalue weighted by Gasteiger charge is -2.19. The second-order valence-electron chi connectivity index (χ2n) is 4.63. The summed E-state index contributed by atoms with van der Waals surface area (Å²) >= 11 is 1.82. The van der Waals surface area contributed by atoms with E-state index in [1.807, 2.05) is 23.5 Å². The number of ether oxygens (including phenoxy) is 1. The number of rotatable bonds is 6. The van der Waals surface area contributed by atoms with E-state index < -0.39 is 0 Å². The van der Waals surface area contributed by atoms with Gasteiger partial charge in [0.1, 0.15) is 5.75 Å². The third kappa shape index (κ3) is 3.37. The van der Waals surface area contributed by atoms with Crippen LogP contribution >= 0.6 is 11.3 Å². The zero-order chi connectivity index (χ0) is 13.7. The van der Waals surface area contributed by atoms with Crippen molar-refractivity contribution in [2.45, 2.75) is 26.3 Å². The molecule has 0 saturated heterocycles. The van der Waals surface area contributed by atoms with Gasteiger partial charge < -0.3 is 10.1 Å². The molecular weight excluding hydrogens is 254 g/mol. The maximum Gasteiger partial charge on any atom is 0.118 e. The predicted octanol–water partition coefficient (Wildman–Crippen LogP) is 4.15. The van der Waals surface area contributed by atoms with Crippen molar-refractivity contribution in [1.82, 2.24) is 5.32 Å². The second-order valence-corrected chi connectivity index (χ2v) is 5.58. The Hall–Kier alpha value is -1.32. The lowest BCUT2D eigenvalue weighted by Crippen LogP contribution is -2.22. The highest BCUT2D eigenvalue weighted by Crippen LogP contribution is 2.30. The minimum absolute atomic E-state index is 0.283. The molecule has 0 aliphatic carbocycles. The predicted molar refractivity (Wildman–Crippen MR) is 82.2 cm³/mol. The first-order valence-electron chi connectivity index (χ1n) is 6.67. The van der Waals surface area contributed by atoms with Crippen LogP contribution in [0, 0.1) is 6.92 Å². The summed E-state index contributed by atoms with van der Waals surface area (Å²) in [7, 11) is 1.70. The number of hydrogen-bond donors (Lipinski definition) is 1. The zero-order valence-corrected chi connectivity index (χ0v) is 12.6. The quantitative estimate of drug-likeness (QED) is 0.855. The third-order valence-electron chi connectivity index (χ3n) is 3.21. The summed E-state index contributed by atoms with van der Waals surface area (Å²) in [5, 5.41) is 5.80. The van der Waals surface area contributed by atoms with Crippen LogP contribution in [0.25, 0.3) is 0 Å². The molecule has 2 aromatic rings. The standard InChI is InChI=1S/C16H21NOS/c1-4-10-17-15(16-12(2)9-11-19-16)13-5-7-14(18-3)8-6-13/h5-9,11,15,17H,4,10H2,1-3H3. The summed E-state index contributed by atoms with van der Waals surface area (Å²) in [5.74, 6) is 0.904. The molecule has 0 aliphatic rings. The van der Waals surface area contributed by atoms with E-state index in [1.54, 1.807) is 7.11 Å². The van der Waals surface area contributed by atoms with Gasteiger partial charge in [-0.05, 0) is 54.6 Å². The summed E-state index contributed by atoms with van der Waals surface area (Å²) in [6.45, 7) is 5.39. The molecule has 0 spiro atoms. The smallest absolute Gasteiger partial charge is 0.118 e. The van der Waals surface area contributed by atoms with Crippen LogP contribution in [0.1, 0.15) is 35.4 Å². The fraction of sp³-hybridized carbons (Fsp3) is 0.375. The van der Waals surface area contributed by atoms with Crippen LogP contribution in [0.15, 0.2) is 35.7 Å². The van der Waals surface area contributed by atoms with E-state index in [9.17, 15) is 0 Å². The van der Waals surface area contributed by atoms with Crippen LogP contribution in [0.3, 0.4) is 0 Å². The van der Waals surface area contributed by atoms with Gasteiger partial charge in [0, 0.05) is 4.88 Å². The minimum Gasteiger partial charge on any atom is -0.497 e. The molecule has 0 aliphatic heterocycles. The fourth-order valence-electron chi connectivity index (χ4n) is 2.13. The molecule has 0 bridgehead atoms. The highest BCUT2D eigenvalue weighted by molar-refractivity contribution is 7.10. The normalized spacial score (nSPS) is 12.4. The maximum absolute atomic E-state index is 5.23. The largest absolute Gasteiger partial charge is 0.497 e. The average Bonchev–Trinajstić information content (AvgIpc) is 2.86. The van der Waals surface area contributed by atoms with E-state index in [2.05, 4.69) is 42.7 Å². The molecule has 1 unspecified atom stereocenters. The second kappa shape index (κ2) is 6.73. The molecule has 1 aromatic heterocycles. The van der Waals surface area contributed by atoms with Crippen LogP contribution in [0.4, 0.5) is 0 Å². The number of aryl methyl sites for hydroxylation is 1. The van der Waals surface area contributed by atoms with Crippen LogP contribution in [0.5, 0.6) is 5.75 Å². The van der Waals surface area contributed by atoms with E-state index in [4.69, 9.17) is 4.74 Å². The molecule has 1 atom stereocenters. The number of benzene rings is 1. The van der Waals surface area contributed by atoms with Crippen molar-refractivity contribution < 1.29 is 4.74 Å². The number of thiophene rings is 1. The first-order chi connectivity index (χ1) is 9.26. The Morgan fingerprint density at radius 1 is 1.21 bits per heavy atom. The maximum atomic E-state index is 5.23. The summed E-state index contributed by atoms with van der Waals surface area (Å²) in [6.07, 6.45) is 1.14. The van der Waals surface area contributed by atoms with Gasteiger partial charge in [-0.3, -0.25) is 0 Å². The van der Waals surface area contributed by atoms with Gasteiger partial charge in [-0.15, -0.1) is 11.3 Å². The fourth-order valence-corrected chi connectivity index (χ4v) is 3.16. The summed E-state index contributed by atoms with van der Waals surface area (Å²) in [6, 6.07) is 10.8. The Balaban J connectivity index is 2.28. The average molecular weight is 275 g/mol. The lowest BCUT2D eigenvalue weighted by atomic mass is 10.0. The van der Waals surface area contributed by atoms with Gasteiger partial charge >= 0.3 is 0 Å². The van der Waals surface area contributed by atoms with Crippen molar-refractivity contribution in [3.63, 3.8) is 0 Å². The van der Waals surface area contributed by atoms with Gasteiger partial charge in [0.05, 0.1) is 13.2 Å². The Kier molecular flexibility index (Phi) is 5.00. The van der Waals surface area contributed by atoms with Crippen molar-refractivity contribution >= 4 is 11.3 Å². The summed E-state index contributed by atoms with van der Waals surface area (Å²) in [4.78, 5) is 1.40. The number of methoxy groups -OCH3 is 1. The molecule has 2 rings (SSSR count). The van der Waals surface area contributed by atoms with Crippen LogP contribution in [0.2, 0.25) is 0 Å². The van der Waals surface area contributed by atoms with Gasteiger partial charge in [0.15, 0.2) is 0 Å². The summed E-state index contributed by atoms with van der Waals surface area (Å²) < 4.78 is 5.23. The topological polar surface area (TPSA) is 21.3 Å². The first kappa shape index (κ1) is 14.1. The molecule has 0 saturated carbocycles. The molecule has 1 N–H and O–H groups in total. The van der Waals surface area contributed by atoms with E-state index in [0.717, 1.165) is 18.7 Å². The third-order valence-corrected chi connectivity index (χ3v) is 4.30. The summed E-state index contributed by atoms with van der Waals surface area (Å²) in [5.41, 5.74) is 2.65. The zero-order valence-electron chi connectivity index (χ0n) is 11.8. The Morgan fingerprint density at radius 2 is 1.95 bits per heavy atom. The molecule has 1 aromatic carbocycles.